The molecule has 1 aliphatic heterocycles. The lowest BCUT2D eigenvalue weighted by Crippen LogP contribution is -2.37. The standard InChI is InChI=1S/C18H15N5S/c19-11-14-1-3-15(4-2-14)12-21-18-23(9-10-24-18)16-5-6-17-20-7-8-22(17)13-16/h1-10,13,18,21H,12H2. The highest BCUT2D eigenvalue weighted by Crippen LogP contribution is 2.29. The van der Waals surface area contributed by atoms with E-state index in [0.29, 0.717) is 5.56 Å². The topological polar surface area (TPSA) is 56.4 Å². The van der Waals surface area contributed by atoms with Gasteiger partial charge in [-0.05, 0) is 35.2 Å². The molecule has 118 valence electrons. The first kappa shape index (κ1) is 14.8. The number of hydrogen-bond donors (Lipinski definition) is 1. The van der Waals surface area contributed by atoms with Crippen LogP contribution in [0.15, 0.2) is 66.6 Å². The number of nitrogens with one attached hydrogen (secondary N) is 1. The van der Waals surface area contributed by atoms with Crippen molar-refractivity contribution in [1.29, 1.82) is 5.26 Å². The van der Waals surface area contributed by atoms with E-state index < -0.39 is 0 Å². The third-order valence-electron chi connectivity index (χ3n) is 3.92. The van der Waals surface area contributed by atoms with E-state index in [2.05, 4.69) is 45.1 Å². The highest BCUT2D eigenvalue weighted by atomic mass is 32.2. The van der Waals surface area contributed by atoms with Gasteiger partial charge in [-0.25, -0.2) is 4.98 Å². The Kier molecular flexibility index (Phi) is 3.95. The van der Waals surface area contributed by atoms with Crippen molar-refractivity contribution in [3.63, 3.8) is 0 Å². The minimum atomic E-state index is 0.140. The molecule has 6 heteroatoms. The van der Waals surface area contributed by atoms with E-state index >= 15 is 0 Å². The highest BCUT2D eigenvalue weighted by molar-refractivity contribution is 8.03. The van der Waals surface area contributed by atoms with Crippen molar-refractivity contribution in [2.75, 3.05) is 4.90 Å². The molecule has 1 aromatic carbocycles. The third kappa shape index (κ3) is 2.87. The lowest BCUT2D eigenvalue weighted by Gasteiger charge is -2.25. The minimum absolute atomic E-state index is 0.140. The number of fused-ring (bicyclic) bond motifs is 1. The quantitative estimate of drug-likeness (QED) is 0.794. The van der Waals surface area contributed by atoms with E-state index in [1.54, 1.807) is 18.0 Å². The lowest BCUT2D eigenvalue weighted by molar-refractivity contribution is 0.656. The molecule has 0 saturated heterocycles. The number of nitriles is 1. The molecule has 0 radical (unpaired) electrons. The van der Waals surface area contributed by atoms with Gasteiger partial charge < -0.3 is 9.30 Å². The van der Waals surface area contributed by atoms with Crippen LogP contribution in [-0.4, -0.2) is 14.9 Å². The second kappa shape index (κ2) is 6.40. The predicted octanol–water partition coefficient (Wildman–Crippen LogP) is 3.30. The van der Waals surface area contributed by atoms with Crippen molar-refractivity contribution in [1.82, 2.24) is 14.7 Å². The van der Waals surface area contributed by atoms with Crippen LogP contribution in [0.4, 0.5) is 5.69 Å². The molecule has 0 fully saturated rings. The van der Waals surface area contributed by atoms with Crippen LogP contribution in [0.2, 0.25) is 0 Å². The van der Waals surface area contributed by atoms with Gasteiger partial charge in [-0.2, -0.15) is 5.26 Å². The van der Waals surface area contributed by atoms with Crippen molar-refractivity contribution in [2.45, 2.75) is 12.0 Å². The average molecular weight is 333 g/mol. The lowest BCUT2D eigenvalue weighted by atomic mass is 10.1. The van der Waals surface area contributed by atoms with Crippen molar-refractivity contribution in [3.05, 3.63) is 77.7 Å². The summed E-state index contributed by atoms with van der Waals surface area (Å²) in [5.74, 6) is 0. The van der Waals surface area contributed by atoms with Gasteiger partial charge in [-0.1, -0.05) is 23.9 Å². The molecule has 1 unspecified atom stereocenters. The number of hydrogen-bond acceptors (Lipinski definition) is 5. The fourth-order valence-electron chi connectivity index (χ4n) is 2.65. The van der Waals surface area contributed by atoms with Gasteiger partial charge >= 0.3 is 0 Å². The molecule has 3 aromatic rings. The van der Waals surface area contributed by atoms with Gasteiger partial charge in [-0.15, -0.1) is 0 Å². The van der Waals surface area contributed by atoms with Gasteiger partial charge in [0.2, 0.25) is 0 Å². The Morgan fingerprint density at radius 1 is 1.21 bits per heavy atom. The van der Waals surface area contributed by atoms with E-state index in [1.165, 1.54) is 0 Å². The first-order valence-electron chi connectivity index (χ1n) is 7.59. The Morgan fingerprint density at radius 3 is 2.92 bits per heavy atom. The molecule has 0 bridgehead atoms. The van der Waals surface area contributed by atoms with Crippen LogP contribution >= 0.6 is 11.8 Å². The van der Waals surface area contributed by atoms with Gasteiger partial charge in [0.1, 0.15) is 11.1 Å². The van der Waals surface area contributed by atoms with Gasteiger partial charge in [0.25, 0.3) is 0 Å². The van der Waals surface area contributed by atoms with Gasteiger partial charge in [0.15, 0.2) is 0 Å². The third-order valence-corrected chi connectivity index (χ3v) is 4.85. The molecular formula is C18H15N5S. The van der Waals surface area contributed by atoms with Gasteiger partial charge in [-0.3, -0.25) is 5.32 Å². The fourth-order valence-corrected chi connectivity index (χ4v) is 3.50. The summed E-state index contributed by atoms with van der Waals surface area (Å²) >= 11 is 1.74. The Bertz CT molecular complexity index is 922. The summed E-state index contributed by atoms with van der Waals surface area (Å²) in [4.78, 5) is 6.48. The zero-order valence-electron chi connectivity index (χ0n) is 12.8. The number of nitrogens with zero attached hydrogens (tertiary/aromatic N) is 4. The largest absolute Gasteiger partial charge is 0.321 e. The SMILES string of the molecule is N#Cc1ccc(CNC2SC=CN2c2ccc3nccn3c2)cc1. The fraction of sp³-hybridized carbons (Fsp3) is 0.111. The molecular weight excluding hydrogens is 318 g/mol. The molecule has 4 rings (SSSR count). The Balaban J connectivity index is 1.47. The molecule has 1 N–H and O–H groups in total. The van der Waals surface area contributed by atoms with Crippen LogP contribution in [-0.2, 0) is 6.54 Å². The summed E-state index contributed by atoms with van der Waals surface area (Å²) in [6.07, 6.45) is 7.91. The number of imidazole rings is 1. The van der Waals surface area contributed by atoms with Crippen molar-refractivity contribution >= 4 is 23.1 Å². The predicted molar refractivity (Wildman–Crippen MR) is 96.2 cm³/mol. The van der Waals surface area contributed by atoms with Crippen LogP contribution in [0.3, 0.4) is 0 Å². The molecule has 0 saturated carbocycles. The number of benzene rings is 1. The van der Waals surface area contributed by atoms with E-state index in [0.717, 1.165) is 23.4 Å². The zero-order chi connectivity index (χ0) is 16.4. The molecule has 0 aliphatic carbocycles. The smallest absolute Gasteiger partial charge is 0.136 e. The average Bonchev–Trinajstić information content (AvgIpc) is 3.28. The van der Waals surface area contributed by atoms with Gasteiger partial charge in [0, 0.05) is 31.3 Å². The Morgan fingerprint density at radius 2 is 2.08 bits per heavy atom. The van der Waals surface area contributed by atoms with Crippen LogP contribution < -0.4 is 10.2 Å². The summed E-state index contributed by atoms with van der Waals surface area (Å²) in [5.41, 5.74) is 4.04. The summed E-state index contributed by atoms with van der Waals surface area (Å²) in [5, 5.41) is 14.5. The van der Waals surface area contributed by atoms with Crippen molar-refractivity contribution < 1.29 is 0 Å². The maximum Gasteiger partial charge on any atom is 0.136 e. The Labute approximate surface area is 144 Å². The number of thioether (sulfide) groups is 1. The number of rotatable bonds is 4. The van der Waals surface area contributed by atoms with Crippen molar-refractivity contribution in [2.24, 2.45) is 0 Å². The van der Waals surface area contributed by atoms with E-state index in [4.69, 9.17) is 5.26 Å². The number of pyridine rings is 1. The molecule has 1 aliphatic rings. The molecule has 24 heavy (non-hydrogen) atoms. The second-order valence-corrected chi connectivity index (χ2v) is 6.44. The van der Waals surface area contributed by atoms with Crippen LogP contribution in [0.1, 0.15) is 11.1 Å². The van der Waals surface area contributed by atoms with E-state index in [9.17, 15) is 0 Å². The normalized spacial score (nSPS) is 16.6. The molecule has 0 amide bonds. The maximum absolute atomic E-state index is 8.86. The zero-order valence-corrected chi connectivity index (χ0v) is 13.6. The van der Waals surface area contributed by atoms with Crippen LogP contribution in [0.25, 0.3) is 5.65 Å². The van der Waals surface area contributed by atoms with Crippen LogP contribution in [0, 0.1) is 11.3 Å². The summed E-state index contributed by atoms with van der Waals surface area (Å²) in [6.45, 7) is 0.745. The van der Waals surface area contributed by atoms with Crippen molar-refractivity contribution in [3.8, 4) is 6.07 Å². The monoisotopic (exact) mass is 333 g/mol. The molecule has 5 nitrogen and oxygen atoms in total. The summed E-state index contributed by atoms with van der Waals surface area (Å²) < 4.78 is 2.02. The van der Waals surface area contributed by atoms with Crippen LogP contribution in [0.5, 0.6) is 0 Å². The maximum atomic E-state index is 8.86. The van der Waals surface area contributed by atoms with Gasteiger partial charge in [0.05, 0.1) is 17.3 Å². The summed E-state index contributed by atoms with van der Waals surface area (Å²) in [6, 6.07) is 13.9. The molecule has 3 heterocycles. The number of aromatic nitrogens is 2. The molecule has 1 atom stereocenters. The summed E-state index contributed by atoms with van der Waals surface area (Å²) in [7, 11) is 0. The highest BCUT2D eigenvalue weighted by Gasteiger charge is 2.21. The molecule has 2 aromatic heterocycles. The second-order valence-electron chi connectivity index (χ2n) is 5.45. The number of anilines is 1. The van der Waals surface area contributed by atoms with E-state index in [1.807, 2.05) is 40.9 Å². The Hall–Kier alpha value is -2.75. The first-order valence-corrected chi connectivity index (χ1v) is 8.53. The minimum Gasteiger partial charge on any atom is -0.321 e. The molecule has 0 spiro atoms. The first-order chi connectivity index (χ1) is 11.8. The van der Waals surface area contributed by atoms with E-state index in [-0.39, 0.29) is 5.50 Å².